The van der Waals surface area contributed by atoms with Crippen molar-refractivity contribution in [3.63, 3.8) is 0 Å². The Bertz CT molecular complexity index is 549. The minimum atomic E-state index is -3.28. The second kappa shape index (κ2) is 6.15. The van der Waals surface area contributed by atoms with E-state index in [9.17, 15) is 4.57 Å². The molecule has 0 amide bonds. The Morgan fingerprint density at radius 3 is 2.30 bits per heavy atom. The van der Waals surface area contributed by atoms with Crippen molar-refractivity contribution in [3.8, 4) is 0 Å². The maximum Gasteiger partial charge on any atom is 0.363 e. The van der Waals surface area contributed by atoms with E-state index in [1.54, 1.807) is 0 Å². The van der Waals surface area contributed by atoms with Gasteiger partial charge >= 0.3 is 7.60 Å². The fourth-order valence-electron chi connectivity index (χ4n) is 2.48. The second-order valence-electron chi connectivity index (χ2n) is 4.74. The van der Waals surface area contributed by atoms with Crippen molar-refractivity contribution in [1.29, 1.82) is 0 Å². The Morgan fingerprint density at radius 2 is 1.80 bits per heavy atom. The summed E-state index contributed by atoms with van der Waals surface area (Å²) >= 11 is 3.63. The molecule has 1 aromatic carbocycles. The summed E-state index contributed by atoms with van der Waals surface area (Å²) in [5.41, 5.74) is 0.343. The lowest BCUT2D eigenvalue weighted by Crippen LogP contribution is -2.26. The largest absolute Gasteiger partial charge is 0.363 e. The predicted molar refractivity (Wildman–Crippen MR) is 85.9 cm³/mol. The van der Waals surface area contributed by atoms with Crippen LogP contribution in [0.15, 0.2) is 34.8 Å². The molecule has 0 bridgehead atoms. The van der Waals surface area contributed by atoms with E-state index in [2.05, 4.69) is 15.9 Å². The normalized spacial score (nSPS) is 25.2. The molecule has 110 valence electrons. The van der Waals surface area contributed by atoms with E-state index in [0.29, 0.717) is 11.9 Å². The summed E-state index contributed by atoms with van der Waals surface area (Å²) in [6.45, 7) is 6.26. The molecule has 20 heavy (non-hydrogen) atoms. The standard InChI is InChI=1S/C15H20BrO3P/c1-4-15(5-2)14(16)13(12-10-8-7-9-11-12)20(17,19-15)18-6-3/h7-11H,4-6H2,1-3H3. The van der Waals surface area contributed by atoms with Crippen LogP contribution in [0.2, 0.25) is 0 Å². The molecule has 0 saturated carbocycles. The van der Waals surface area contributed by atoms with Gasteiger partial charge in [-0.15, -0.1) is 0 Å². The molecule has 1 unspecified atom stereocenters. The molecule has 1 heterocycles. The van der Waals surface area contributed by atoms with Crippen LogP contribution in [0.3, 0.4) is 0 Å². The summed E-state index contributed by atoms with van der Waals surface area (Å²) in [5.74, 6) is 0. The average Bonchev–Trinajstić information content (AvgIpc) is 2.68. The van der Waals surface area contributed by atoms with E-state index in [1.807, 2.05) is 51.1 Å². The van der Waals surface area contributed by atoms with Gasteiger partial charge in [-0.1, -0.05) is 60.1 Å². The van der Waals surface area contributed by atoms with Crippen molar-refractivity contribution >= 4 is 28.8 Å². The SMILES string of the molecule is CCOP1(=O)OC(CC)(CC)C(Br)=C1c1ccccc1. The Kier molecular flexibility index (Phi) is 4.91. The zero-order valence-electron chi connectivity index (χ0n) is 12.1. The summed E-state index contributed by atoms with van der Waals surface area (Å²) in [5, 5.41) is 0.670. The maximum atomic E-state index is 13.2. The lowest BCUT2D eigenvalue weighted by molar-refractivity contribution is 0.0942. The van der Waals surface area contributed by atoms with Gasteiger partial charge in [0.05, 0.1) is 11.9 Å². The van der Waals surface area contributed by atoms with Crippen LogP contribution in [0.1, 0.15) is 39.2 Å². The molecule has 1 aromatic rings. The van der Waals surface area contributed by atoms with Crippen LogP contribution in [0.5, 0.6) is 0 Å². The van der Waals surface area contributed by atoms with Gasteiger partial charge in [-0.3, -0.25) is 9.09 Å². The van der Waals surface area contributed by atoms with E-state index < -0.39 is 13.2 Å². The fourth-order valence-corrected chi connectivity index (χ4v) is 6.46. The molecule has 0 saturated heterocycles. The van der Waals surface area contributed by atoms with Crippen molar-refractivity contribution in [2.24, 2.45) is 0 Å². The molecule has 0 aromatic heterocycles. The second-order valence-corrected chi connectivity index (χ2v) is 7.41. The first-order valence-electron chi connectivity index (χ1n) is 6.94. The molecule has 3 nitrogen and oxygen atoms in total. The first-order chi connectivity index (χ1) is 9.53. The van der Waals surface area contributed by atoms with Gasteiger partial charge in [-0.25, -0.2) is 0 Å². The summed E-state index contributed by atoms with van der Waals surface area (Å²) in [7, 11) is -3.28. The summed E-state index contributed by atoms with van der Waals surface area (Å²) in [6, 6.07) is 9.67. The van der Waals surface area contributed by atoms with Gasteiger partial charge in [0.15, 0.2) is 0 Å². The molecule has 1 atom stereocenters. The molecule has 0 N–H and O–H groups in total. The third kappa shape index (κ3) is 2.55. The highest BCUT2D eigenvalue weighted by atomic mass is 79.9. The maximum absolute atomic E-state index is 13.2. The van der Waals surface area contributed by atoms with E-state index in [0.717, 1.165) is 22.9 Å². The fraction of sp³-hybridized carbons (Fsp3) is 0.467. The van der Waals surface area contributed by atoms with Crippen LogP contribution < -0.4 is 0 Å². The molecule has 2 rings (SSSR count). The van der Waals surface area contributed by atoms with Gasteiger partial charge < -0.3 is 4.52 Å². The van der Waals surface area contributed by atoms with Gasteiger partial charge in [-0.05, 0) is 25.3 Å². The summed E-state index contributed by atoms with van der Waals surface area (Å²) < 4.78 is 25.5. The topological polar surface area (TPSA) is 35.5 Å². The minimum absolute atomic E-state index is 0.359. The van der Waals surface area contributed by atoms with Crippen LogP contribution >= 0.6 is 23.5 Å². The Balaban J connectivity index is 2.62. The Labute approximate surface area is 129 Å². The van der Waals surface area contributed by atoms with E-state index >= 15 is 0 Å². The van der Waals surface area contributed by atoms with Crippen molar-refractivity contribution < 1.29 is 13.6 Å². The molecule has 0 radical (unpaired) electrons. The summed E-state index contributed by atoms with van der Waals surface area (Å²) in [6.07, 6.45) is 1.50. The smallest absolute Gasteiger partial charge is 0.305 e. The summed E-state index contributed by atoms with van der Waals surface area (Å²) in [4.78, 5) is 0. The van der Waals surface area contributed by atoms with Crippen molar-refractivity contribution in [3.05, 3.63) is 40.4 Å². The van der Waals surface area contributed by atoms with Crippen LogP contribution in [-0.2, 0) is 13.6 Å². The number of benzene rings is 1. The molecule has 1 aliphatic rings. The average molecular weight is 359 g/mol. The zero-order valence-corrected chi connectivity index (χ0v) is 14.5. The molecular formula is C15H20BrO3P. The van der Waals surface area contributed by atoms with Gasteiger partial charge in [0.1, 0.15) is 5.60 Å². The van der Waals surface area contributed by atoms with Crippen molar-refractivity contribution in [1.82, 2.24) is 0 Å². The van der Waals surface area contributed by atoms with E-state index in [-0.39, 0.29) is 0 Å². The molecule has 0 spiro atoms. The Morgan fingerprint density at radius 1 is 1.20 bits per heavy atom. The van der Waals surface area contributed by atoms with Crippen molar-refractivity contribution in [2.75, 3.05) is 6.61 Å². The zero-order chi connectivity index (χ0) is 14.8. The lowest BCUT2D eigenvalue weighted by atomic mass is 9.96. The number of hydrogen-bond acceptors (Lipinski definition) is 3. The number of halogens is 1. The van der Waals surface area contributed by atoms with Crippen LogP contribution in [0.4, 0.5) is 0 Å². The highest BCUT2D eigenvalue weighted by Crippen LogP contribution is 2.72. The van der Waals surface area contributed by atoms with Crippen LogP contribution in [0, 0.1) is 0 Å². The van der Waals surface area contributed by atoms with E-state index in [1.165, 1.54) is 0 Å². The quantitative estimate of drug-likeness (QED) is 0.645. The van der Waals surface area contributed by atoms with E-state index in [4.69, 9.17) is 9.05 Å². The monoisotopic (exact) mass is 358 g/mol. The molecule has 1 aliphatic heterocycles. The van der Waals surface area contributed by atoms with Crippen LogP contribution in [0.25, 0.3) is 5.31 Å². The predicted octanol–water partition coefficient (Wildman–Crippen LogP) is 5.57. The lowest BCUT2D eigenvalue weighted by Gasteiger charge is -2.27. The van der Waals surface area contributed by atoms with Gasteiger partial charge in [0.25, 0.3) is 0 Å². The van der Waals surface area contributed by atoms with Gasteiger partial charge in [-0.2, -0.15) is 0 Å². The minimum Gasteiger partial charge on any atom is -0.305 e. The third-order valence-corrected chi connectivity index (χ3v) is 7.31. The molecule has 5 heteroatoms. The molecule has 0 aliphatic carbocycles. The first-order valence-corrected chi connectivity index (χ1v) is 9.28. The molecular weight excluding hydrogens is 339 g/mol. The number of rotatable bonds is 5. The van der Waals surface area contributed by atoms with Gasteiger partial charge in [0.2, 0.25) is 0 Å². The number of hydrogen-bond donors (Lipinski definition) is 0. The third-order valence-electron chi connectivity index (χ3n) is 3.67. The Hall–Kier alpha value is -0.410. The molecule has 0 fully saturated rings. The first kappa shape index (κ1) is 16.0. The van der Waals surface area contributed by atoms with Gasteiger partial charge in [0, 0.05) is 4.48 Å². The van der Waals surface area contributed by atoms with Crippen LogP contribution in [-0.4, -0.2) is 12.2 Å². The highest BCUT2D eigenvalue weighted by molar-refractivity contribution is 9.12. The van der Waals surface area contributed by atoms with Crippen molar-refractivity contribution in [2.45, 2.75) is 39.2 Å². The highest BCUT2D eigenvalue weighted by Gasteiger charge is 2.52.